The number of aliphatic carboxylic acids is 1. The molecular weight excluding hydrogens is 208 g/mol. The van der Waals surface area contributed by atoms with Gasteiger partial charge in [0.05, 0.1) is 0 Å². The van der Waals surface area contributed by atoms with E-state index in [9.17, 15) is 9.59 Å². The number of carbonyl (C=O) groups is 2. The molecule has 1 heterocycles. The molecule has 92 valence electrons. The van der Waals surface area contributed by atoms with E-state index in [1.54, 1.807) is 0 Å². The monoisotopic (exact) mass is 228 g/mol. The van der Waals surface area contributed by atoms with Gasteiger partial charge >= 0.3 is 5.97 Å². The average Bonchev–Trinajstić information content (AvgIpc) is 2.74. The van der Waals surface area contributed by atoms with E-state index >= 15 is 0 Å². The van der Waals surface area contributed by atoms with E-state index in [2.05, 4.69) is 0 Å². The van der Waals surface area contributed by atoms with Crippen molar-refractivity contribution < 1.29 is 14.7 Å². The van der Waals surface area contributed by atoms with Crippen LogP contribution in [0, 0.1) is 5.92 Å². The smallest absolute Gasteiger partial charge is 0.326 e. The number of carboxylic acids is 1. The van der Waals surface area contributed by atoms with Gasteiger partial charge in [0.2, 0.25) is 5.91 Å². The summed E-state index contributed by atoms with van der Waals surface area (Å²) < 4.78 is 0. The minimum atomic E-state index is -0.891. The number of likely N-dealkylation sites (tertiary alicyclic amines) is 1. The van der Waals surface area contributed by atoms with Crippen LogP contribution in [-0.4, -0.2) is 41.0 Å². The van der Waals surface area contributed by atoms with Crippen LogP contribution in [0.4, 0.5) is 0 Å². The highest BCUT2D eigenvalue weighted by Crippen LogP contribution is 2.19. The van der Waals surface area contributed by atoms with E-state index in [0.29, 0.717) is 31.8 Å². The number of carbonyl (C=O) groups excluding carboxylic acids is 1. The van der Waals surface area contributed by atoms with Crippen LogP contribution in [0.25, 0.3) is 0 Å². The number of rotatable bonds is 5. The maximum atomic E-state index is 11.8. The fraction of sp³-hybridized carbons (Fsp3) is 0.818. The summed E-state index contributed by atoms with van der Waals surface area (Å²) in [6.45, 7) is 3.13. The fourth-order valence-electron chi connectivity index (χ4n) is 1.95. The number of hydrogen-bond donors (Lipinski definition) is 2. The van der Waals surface area contributed by atoms with Crippen LogP contribution < -0.4 is 5.73 Å². The SMILES string of the molecule is CC(CN)CCC(=O)N1CCCC1C(=O)O. The van der Waals surface area contributed by atoms with Crippen LogP contribution >= 0.6 is 0 Å². The van der Waals surface area contributed by atoms with Crippen molar-refractivity contribution in [3.63, 3.8) is 0 Å². The van der Waals surface area contributed by atoms with Gasteiger partial charge in [0.15, 0.2) is 0 Å². The Morgan fingerprint density at radius 1 is 1.56 bits per heavy atom. The molecule has 0 saturated carbocycles. The molecule has 1 aliphatic rings. The quantitative estimate of drug-likeness (QED) is 0.715. The van der Waals surface area contributed by atoms with Gasteiger partial charge in [-0.15, -0.1) is 0 Å². The molecule has 5 heteroatoms. The molecule has 0 aliphatic carbocycles. The highest BCUT2D eigenvalue weighted by molar-refractivity contribution is 5.84. The number of amides is 1. The van der Waals surface area contributed by atoms with Gasteiger partial charge in [0.1, 0.15) is 6.04 Å². The lowest BCUT2D eigenvalue weighted by Crippen LogP contribution is -2.40. The molecular formula is C11H20N2O3. The Morgan fingerprint density at radius 3 is 2.81 bits per heavy atom. The molecule has 0 spiro atoms. The van der Waals surface area contributed by atoms with Gasteiger partial charge in [-0.05, 0) is 31.7 Å². The maximum absolute atomic E-state index is 11.8. The normalized spacial score (nSPS) is 22.1. The van der Waals surface area contributed by atoms with Gasteiger partial charge in [-0.1, -0.05) is 6.92 Å². The highest BCUT2D eigenvalue weighted by atomic mass is 16.4. The first-order valence-electron chi connectivity index (χ1n) is 5.78. The third-order valence-corrected chi connectivity index (χ3v) is 3.11. The predicted molar refractivity (Wildman–Crippen MR) is 59.8 cm³/mol. The highest BCUT2D eigenvalue weighted by Gasteiger charge is 2.33. The molecule has 0 aromatic rings. The summed E-state index contributed by atoms with van der Waals surface area (Å²) >= 11 is 0. The van der Waals surface area contributed by atoms with E-state index in [-0.39, 0.29) is 5.91 Å². The van der Waals surface area contributed by atoms with Crippen molar-refractivity contribution in [3.8, 4) is 0 Å². The predicted octanol–water partition coefficient (Wildman–Crippen LogP) is 0.437. The van der Waals surface area contributed by atoms with Crippen LogP contribution in [0.1, 0.15) is 32.6 Å². The molecule has 1 aliphatic heterocycles. The van der Waals surface area contributed by atoms with Crippen LogP contribution in [0.2, 0.25) is 0 Å². The number of nitrogens with two attached hydrogens (primary N) is 1. The third kappa shape index (κ3) is 3.20. The van der Waals surface area contributed by atoms with Crippen LogP contribution in [0.5, 0.6) is 0 Å². The lowest BCUT2D eigenvalue weighted by molar-refractivity contribution is -0.148. The first-order valence-corrected chi connectivity index (χ1v) is 5.78. The Labute approximate surface area is 95.6 Å². The van der Waals surface area contributed by atoms with Gasteiger partial charge in [-0.2, -0.15) is 0 Å². The number of nitrogens with zero attached hydrogens (tertiary/aromatic N) is 1. The lowest BCUT2D eigenvalue weighted by atomic mass is 10.1. The molecule has 0 aromatic carbocycles. The minimum absolute atomic E-state index is 0.0507. The molecule has 0 bridgehead atoms. The van der Waals surface area contributed by atoms with E-state index in [1.165, 1.54) is 4.90 Å². The van der Waals surface area contributed by atoms with Crippen molar-refractivity contribution >= 4 is 11.9 Å². The topological polar surface area (TPSA) is 83.6 Å². The molecule has 1 saturated heterocycles. The summed E-state index contributed by atoms with van der Waals surface area (Å²) in [7, 11) is 0. The molecule has 2 atom stereocenters. The fourth-order valence-corrected chi connectivity index (χ4v) is 1.95. The Bertz CT molecular complexity index is 268. The second-order valence-corrected chi connectivity index (χ2v) is 4.46. The molecule has 0 aromatic heterocycles. The maximum Gasteiger partial charge on any atom is 0.326 e. The summed E-state index contributed by atoms with van der Waals surface area (Å²) in [5, 5.41) is 8.94. The van der Waals surface area contributed by atoms with Gasteiger partial charge in [-0.3, -0.25) is 4.79 Å². The second kappa shape index (κ2) is 5.84. The van der Waals surface area contributed by atoms with Crippen molar-refractivity contribution in [2.24, 2.45) is 11.7 Å². The molecule has 1 fully saturated rings. The summed E-state index contributed by atoms with van der Waals surface area (Å²) in [4.78, 5) is 24.2. The third-order valence-electron chi connectivity index (χ3n) is 3.11. The van der Waals surface area contributed by atoms with Crippen molar-refractivity contribution in [3.05, 3.63) is 0 Å². The van der Waals surface area contributed by atoms with Crippen molar-refractivity contribution in [1.29, 1.82) is 0 Å². The minimum Gasteiger partial charge on any atom is -0.480 e. The zero-order chi connectivity index (χ0) is 12.1. The number of hydrogen-bond acceptors (Lipinski definition) is 3. The van der Waals surface area contributed by atoms with E-state index in [0.717, 1.165) is 12.8 Å². The van der Waals surface area contributed by atoms with Gasteiger partial charge < -0.3 is 15.7 Å². The lowest BCUT2D eigenvalue weighted by Gasteiger charge is -2.22. The Balaban J connectivity index is 2.44. The molecule has 5 nitrogen and oxygen atoms in total. The summed E-state index contributed by atoms with van der Waals surface area (Å²) in [5.74, 6) is -0.627. The Hall–Kier alpha value is -1.10. The molecule has 1 rings (SSSR count). The molecule has 16 heavy (non-hydrogen) atoms. The van der Waals surface area contributed by atoms with Gasteiger partial charge in [-0.25, -0.2) is 4.79 Å². The Kier molecular flexibility index (Phi) is 4.73. The van der Waals surface area contributed by atoms with Crippen molar-refractivity contribution in [2.75, 3.05) is 13.1 Å². The standard InChI is InChI=1S/C11H20N2O3/c1-8(7-12)4-5-10(14)13-6-2-3-9(13)11(15)16/h8-9H,2-7,12H2,1H3,(H,15,16). The largest absolute Gasteiger partial charge is 0.480 e. The van der Waals surface area contributed by atoms with Crippen LogP contribution in [0.15, 0.2) is 0 Å². The zero-order valence-corrected chi connectivity index (χ0v) is 9.69. The van der Waals surface area contributed by atoms with Gasteiger partial charge in [0.25, 0.3) is 0 Å². The van der Waals surface area contributed by atoms with E-state index in [4.69, 9.17) is 10.8 Å². The van der Waals surface area contributed by atoms with Crippen molar-refractivity contribution in [2.45, 2.75) is 38.6 Å². The summed E-state index contributed by atoms with van der Waals surface area (Å²) in [6.07, 6.45) is 2.50. The van der Waals surface area contributed by atoms with Crippen LogP contribution in [-0.2, 0) is 9.59 Å². The van der Waals surface area contributed by atoms with E-state index < -0.39 is 12.0 Å². The van der Waals surface area contributed by atoms with Gasteiger partial charge in [0, 0.05) is 13.0 Å². The molecule has 0 radical (unpaired) electrons. The summed E-state index contributed by atoms with van der Waals surface area (Å²) in [5.41, 5.74) is 5.47. The first kappa shape index (κ1) is 13.0. The molecule has 1 amide bonds. The van der Waals surface area contributed by atoms with Crippen LogP contribution in [0.3, 0.4) is 0 Å². The molecule has 2 unspecified atom stereocenters. The second-order valence-electron chi connectivity index (χ2n) is 4.46. The summed E-state index contributed by atoms with van der Waals surface area (Å²) in [6, 6.07) is -0.610. The first-order chi connectivity index (χ1) is 7.56. The van der Waals surface area contributed by atoms with E-state index in [1.807, 2.05) is 6.92 Å². The average molecular weight is 228 g/mol. The zero-order valence-electron chi connectivity index (χ0n) is 9.69. The Morgan fingerprint density at radius 2 is 2.25 bits per heavy atom. The molecule has 3 N–H and O–H groups in total. The number of carboxylic acid groups (broad SMARTS) is 1. The van der Waals surface area contributed by atoms with Crippen molar-refractivity contribution in [1.82, 2.24) is 4.90 Å².